The summed E-state index contributed by atoms with van der Waals surface area (Å²) < 4.78 is 5.03. The van der Waals surface area contributed by atoms with E-state index in [1.165, 1.54) is 11.6 Å². The summed E-state index contributed by atoms with van der Waals surface area (Å²) in [4.78, 5) is 11.9. The minimum atomic E-state index is -0.417. The molecule has 1 aromatic rings. The van der Waals surface area contributed by atoms with Crippen molar-refractivity contribution in [3.8, 4) is 11.5 Å². The summed E-state index contributed by atoms with van der Waals surface area (Å²) in [5.74, 6) is -0.131. The highest BCUT2D eigenvalue weighted by Gasteiger charge is 2.57. The van der Waals surface area contributed by atoms with Crippen molar-refractivity contribution < 1.29 is 24.9 Å². The van der Waals surface area contributed by atoms with Crippen molar-refractivity contribution in [2.45, 2.75) is 52.2 Å². The number of phenolic OH excluding ortho intramolecular Hbond substituents is 2. The molecular weight excluding hydrogens is 418 g/mol. The first-order valence-electron chi connectivity index (χ1n) is 11.8. The summed E-state index contributed by atoms with van der Waals surface area (Å²) in [6.45, 7) is 10.4. The minimum Gasteiger partial charge on any atom is -0.504 e. The predicted octanol–water partition coefficient (Wildman–Crippen LogP) is 3.98. The molecule has 178 valence electrons. The van der Waals surface area contributed by atoms with Crippen molar-refractivity contribution in [3.05, 3.63) is 59.7 Å². The van der Waals surface area contributed by atoms with Crippen molar-refractivity contribution >= 4 is 5.97 Å². The number of ether oxygens (including phenoxy) is 1. The third-order valence-electron chi connectivity index (χ3n) is 8.31. The molecule has 6 nitrogen and oxygen atoms in total. The van der Waals surface area contributed by atoms with Gasteiger partial charge in [0.05, 0.1) is 11.7 Å². The molecule has 4 N–H and O–H groups in total. The van der Waals surface area contributed by atoms with Crippen LogP contribution in [0.1, 0.15) is 45.1 Å². The largest absolute Gasteiger partial charge is 0.504 e. The number of rotatable bonds is 6. The Hall–Kier alpha value is -2.57. The first-order valence-corrected chi connectivity index (χ1v) is 11.8. The number of hydrogen-bond acceptors (Lipinski definition) is 6. The summed E-state index contributed by atoms with van der Waals surface area (Å²) in [5.41, 5.74) is 2.26. The molecule has 0 spiro atoms. The maximum absolute atomic E-state index is 11.9. The van der Waals surface area contributed by atoms with E-state index in [1.54, 1.807) is 12.1 Å². The maximum atomic E-state index is 11.9. The standard InChI is InChI=1S/C27H35NO5/c1-17-4-9-23-26(2,20(17)7-6-19-11-13-33-25(19)32)12-10-24(31)27(23,3)16-28-15-18-5-8-21(29)22(30)14-18/h5-8,11,14,20,23-24,28-31H,1,4,9-10,12-13,15-16H2,2-3H3/b7-6+/t20-,23+,24-,26+,27+/m1/s1. The first kappa shape index (κ1) is 23.6. The molecule has 1 heterocycles. The summed E-state index contributed by atoms with van der Waals surface area (Å²) in [7, 11) is 0. The summed E-state index contributed by atoms with van der Waals surface area (Å²) in [6, 6.07) is 4.82. The van der Waals surface area contributed by atoms with E-state index in [9.17, 15) is 20.1 Å². The maximum Gasteiger partial charge on any atom is 0.338 e. The molecule has 0 unspecified atom stereocenters. The lowest BCUT2D eigenvalue weighted by Gasteiger charge is -2.60. The molecule has 2 saturated carbocycles. The average Bonchev–Trinajstić information content (AvgIpc) is 3.18. The fraction of sp³-hybridized carbons (Fsp3) is 0.519. The van der Waals surface area contributed by atoms with Gasteiger partial charge in [0.1, 0.15) is 6.61 Å². The van der Waals surface area contributed by atoms with Gasteiger partial charge in [-0.2, -0.15) is 0 Å². The number of allylic oxidation sites excluding steroid dienone is 2. The van der Waals surface area contributed by atoms with Gasteiger partial charge >= 0.3 is 5.97 Å². The van der Waals surface area contributed by atoms with Crippen molar-refractivity contribution in [2.24, 2.45) is 22.7 Å². The smallest absolute Gasteiger partial charge is 0.338 e. The van der Waals surface area contributed by atoms with E-state index in [0.29, 0.717) is 31.7 Å². The molecule has 5 atom stereocenters. The number of phenols is 2. The molecule has 2 aliphatic carbocycles. The molecule has 4 rings (SSSR count). The lowest BCUT2D eigenvalue weighted by atomic mass is 9.46. The molecule has 0 saturated heterocycles. The first-order chi connectivity index (χ1) is 15.6. The van der Waals surface area contributed by atoms with E-state index in [0.717, 1.165) is 24.8 Å². The van der Waals surface area contributed by atoms with Crippen LogP contribution in [0.3, 0.4) is 0 Å². The Balaban J connectivity index is 1.52. The highest BCUT2D eigenvalue weighted by molar-refractivity contribution is 5.93. The van der Waals surface area contributed by atoms with Crippen LogP contribution in [0.5, 0.6) is 11.5 Å². The average molecular weight is 454 g/mol. The van der Waals surface area contributed by atoms with E-state index < -0.39 is 6.10 Å². The van der Waals surface area contributed by atoms with Gasteiger partial charge in [0.15, 0.2) is 11.5 Å². The predicted molar refractivity (Wildman–Crippen MR) is 126 cm³/mol. The van der Waals surface area contributed by atoms with Crippen LogP contribution in [0.4, 0.5) is 0 Å². The lowest BCUT2D eigenvalue weighted by Crippen LogP contribution is -2.58. The Bertz CT molecular complexity index is 998. The molecule has 2 fully saturated rings. The fourth-order valence-electron chi connectivity index (χ4n) is 6.38. The van der Waals surface area contributed by atoms with Gasteiger partial charge in [-0.25, -0.2) is 4.79 Å². The van der Waals surface area contributed by atoms with Gasteiger partial charge in [-0.1, -0.05) is 44.2 Å². The number of aliphatic hydroxyl groups excluding tert-OH is 1. The van der Waals surface area contributed by atoms with Crippen LogP contribution >= 0.6 is 0 Å². The van der Waals surface area contributed by atoms with Crippen LogP contribution in [-0.2, 0) is 16.1 Å². The molecule has 0 bridgehead atoms. The van der Waals surface area contributed by atoms with Crippen LogP contribution < -0.4 is 5.32 Å². The molecule has 3 aliphatic rings. The van der Waals surface area contributed by atoms with Crippen LogP contribution in [0.25, 0.3) is 0 Å². The zero-order chi connectivity index (χ0) is 23.8. The second-order valence-electron chi connectivity index (χ2n) is 10.3. The Labute approximate surface area is 195 Å². The van der Waals surface area contributed by atoms with E-state index in [-0.39, 0.29) is 40.1 Å². The third-order valence-corrected chi connectivity index (χ3v) is 8.31. The van der Waals surface area contributed by atoms with Gasteiger partial charge in [0, 0.05) is 24.4 Å². The molecule has 0 aromatic heterocycles. The summed E-state index contributed by atoms with van der Waals surface area (Å²) in [6.07, 6.45) is 8.89. The van der Waals surface area contributed by atoms with Crippen LogP contribution in [0.15, 0.2) is 54.2 Å². The summed E-state index contributed by atoms with van der Waals surface area (Å²) >= 11 is 0. The topological polar surface area (TPSA) is 99.0 Å². The third kappa shape index (κ3) is 4.34. The molecule has 33 heavy (non-hydrogen) atoms. The normalized spacial score (nSPS) is 34.3. The number of aromatic hydroxyl groups is 2. The van der Waals surface area contributed by atoms with Gasteiger partial charge < -0.3 is 25.4 Å². The minimum absolute atomic E-state index is 0.0681. The lowest BCUT2D eigenvalue weighted by molar-refractivity contribution is -0.135. The molecule has 6 heteroatoms. The van der Waals surface area contributed by atoms with Gasteiger partial charge in [-0.3, -0.25) is 0 Å². The number of aliphatic hydroxyl groups is 1. The number of nitrogens with one attached hydrogen (secondary N) is 1. The monoisotopic (exact) mass is 453 g/mol. The van der Waals surface area contributed by atoms with Gasteiger partial charge in [-0.05, 0) is 60.8 Å². The fourth-order valence-corrected chi connectivity index (χ4v) is 6.38. The number of carbonyl (C=O) groups excluding carboxylic acids is 1. The zero-order valence-electron chi connectivity index (χ0n) is 19.5. The number of carbonyl (C=O) groups is 1. The van der Waals surface area contributed by atoms with Crippen molar-refractivity contribution in [3.63, 3.8) is 0 Å². The SMILES string of the molecule is C=C1CC[C@@H]2[C@](C)(CNCc3ccc(O)c(O)c3)[C@H](O)CC[C@@]2(C)[C@@H]1/C=C/C1=CCOC1=O. The molecule has 0 amide bonds. The van der Waals surface area contributed by atoms with E-state index >= 15 is 0 Å². The van der Waals surface area contributed by atoms with Gasteiger partial charge in [0.2, 0.25) is 0 Å². The van der Waals surface area contributed by atoms with E-state index in [1.807, 2.05) is 12.2 Å². The quantitative estimate of drug-likeness (QED) is 0.295. The highest BCUT2D eigenvalue weighted by atomic mass is 16.5. The van der Waals surface area contributed by atoms with Crippen molar-refractivity contribution in [1.29, 1.82) is 0 Å². The summed E-state index contributed by atoms with van der Waals surface area (Å²) in [5, 5.41) is 33.9. The number of cyclic esters (lactones) is 1. The van der Waals surface area contributed by atoms with Gasteiger partial charge in [0.25, 0.3) is 0 Å². The van der Waals surface area contributed by atoms with Crippen LogP contribution in [0, 0.1) is 22.7 Å². The molecule has 0 radical (unpaired) electrons. The molecule has 1 aromatic carbocycles. The second kappa shape index (κ2) is 8.99. The Kier molecular flexibility index (Phi) is 6.43. The van der Waals surface area contributed by atoms with Crippen molar-refractivity contribution in [1.82, 2.24) is 5.32 Å². The Morgan fingerprint density at radius 3 is 2.73 bits per heavy atom. The zero-order valence-corrected chi connectivity index (χ0v) is 19.5. The Morgan fingerprint density at radius 2 is 2.03 bits per heavy atom. The van der Waals surface area contributed by atoms with Crippen molar-refractivity contribution in [2.75, 3.05) is 13.2 Å². The highest BCUT2D eigenvalue weighted by Crippen LogP contribution is 2.61. The second-order valence-corrected chi connectivity index (χ2v) is 10.3. The number of benzene rings is 1. The van der Waals surface area contributed by atoms with Crippen LogP contribution in [0.2, 0.25) is 0 Å². The number of hydrogen-bond donors (Lipinski definition) is 4. The van der Waals surface area contributed by atoms with E-state index in [4.69, 9.17) is 4.74 Å². The number of esters is 1. The van der Waals surface area contributed by atoms with E-state index in [2.05, 4.69) is 31.8 Å². The van der Waals surface area contributed by atoms with Gasteiger partial charge in [-0.15, -0.1) is 0 Å². The van der Waals surface area contributed by atoms with Crippen LogP contribution in [-0.4, -0.2) is 40.5 Å². The number of fused-ring (bicyclic) bond motifs is 1. The Morgan fingerprint density at radius 1 is 1.24 bits per heavy atom. The molecular formula is C27H35NO5. The molecule has 1 aliphatic heterocycles.